The number of aliphatic hydroxyl groups excluding tert-OH is 1. The minimum Gasteiger partial charge on any atom is -0.391 e. The Hall–Kier alpha value is -2.39. The smallest absolute Gasteiger partial charge is 0.141 e. The lowest BCUT2D eigenvalue weighted by Crippen LogP contribution is -2.58. The van der Waals surface area contributed by atoms with Gasteiger partial charge in [0.05, 0.1) is 11.8 Å². The van der Waals surface area contributed by atoms with Crippen LogP contribution in [0.25, 0.3) is 0 Å². The van der Waals surface area contributed by atoms with Crippen molar-refractivity contribution in [3.63, 3.8) is 0 Å². The Balaban J connectivity index is 1.46. The highest BCUT2D eigenvalue weighted by molar-refractivity contribution is 5.50. The number of aromatic nitrogens is 1. The van der Waals surface area contributed by atoms with Crippen LogP contribution in [0.2, 0.25) is 0 Å². The second-order valence-electron chi connectivity index (χ2n) is 9.50. The fraction of sp³-hybridized carbons (Fsp3) is 0.500. The van der Waals surface area contributed by atoms with Gasteiger partial charge >= 0.3 is 0 Å². The summed E-state index contributed by atoms with van der Waals surface area (Å²) < 4.78 is 0. The first-order valence-corrected chi connectivity index (χ1v) is 11.4. The lowest BCUT2D eigenvalue weighted by atomic mass is 9.75. The third-order valence-electron chi connectivity index (χ3n) is 7.21. The van der Waals surface area contributed by atoms with Gasteiger partial charge in [-0.05, 0) is 43.6 Å². The summed E-state index contributed by atoms with van der Waals surface area (Å²) >= 11 is 0. The highest BCUT2D eigenvalue weighted by Gasteiger charge is 2.44. The maximum absolute atomic E-state index is 11.2. The number of anilines is 1. The number of aliphatic hydroxyl groups is 2. The zero-order valence-electron chi connectivity index (χ0n) is 18.2. The molecule has 0 amide bonds. The van der Waals surface area contributed by atoms with Crippen molar-refractivity contribution in [3.8, 4) is 11.8 Å². The number of nitrogens with zero attached hydrogens (tertiary/aromatic N) is 3. The molecule has 2 aromatic rings. The molecule has 0 radical (unpaired) electrons. The topological polar surface area (TPSA) is 59.8 Å². The number of β-amino-alcohol motifs (C(OH)–C–C–N with tert-alkyl or cyclic N) is 1. The average Bonchev–Trinajstić information content (AvgIpc) is 3.12. The van der Waals surface area contributed by atoms with Gasteiger partial charge in [0.15, 0.2) is 0 Å². The van der Waals surface area contributed by atoms with Gasteiger partial charge in [-0.1, -0.05) is 49.1 Å². The summed E-state index contributed by atoms with van der Waals surface area (Å²) in [6.45, 7) is 6.29. The van der Waals surface area contributed by atoms with Crippen LogP contribution in [0.5, 0.6) is 0 Å². The van der Waals surface area contributed by atoms with E-state index in [2.05, 4.69) is 40.7 Å². The third kappa shape index (κ3) is 4.21. The van der Waals surface area contributed by atoms with Crippen molar-refractivity contribution < 1.29 is 10.2 Å². The van der Waals surface area contributed by atoms with Crippen molar-refractivity contribution >= 4 is 5.82 Å². The lowest BCUT2D eigenvalue weighted by Gasteiger charge is -2.47. The van der Waals surface area contributed by atoms with Gasteiger partial charge in [-0.2, -0.15) is 0 Å². The highest BCUT2D eigenvalue weighted by atomic mass is 16.3. The van der Waals surface area contributed by atoms with Gasteiger partial charge in [-0.15, -0.1) is 0 Å². The molecule has 5 heterocycles. The van der Waals surface area contributed by atoms with E-state index in [1.54, 1.807) is 0 Å². The van der Waals surface area contributed by atoms with E-state index >= 15 is 0 Å². The molecule has 162 valence electrons. The minimum absolute atomic E-state index is 0.241. The summed E-state index contributed by atoms with van der Waals surface area (Å²) in [5.74, 6) is 7.95. The normalized spacial score (nSPS) is 32.0. The Morgan fingerprint density at radius 1 is 1.10 bits per heavy atom. The van der Waals surface area contributed by atoms with Crippen molar-refractivity contribution in [3.05, 3.63) is 59.3 Å². The van der Waals surface area contributed by atoms with Crippen molar-refractivity contribution in [1.29, 1.82) is 0 Å². The summed E-state index contributed by atoms with van der Waals surface area (Å²) in [6, 6.07) is 14.3. The van der Waals surface area contributed by atoms with E-state index in [9.17, 15) is 10.2 Å². The van der Waals surface area contributed by atoms with Crippen molar-refractivity contribution in [1.82, 2.24) is 9.88 Å². The maximum atomic E-state index is 11.2. The lowest BCUT2D eigenvalue weighted by molar-refractivity contribution is -0.0713. The van der Waals surface area contributed by atoms with Crippen LogP contribution >= 0.6 is 0 Å². The molecule has 0 spiro atoms. The standard InChI is InChI=1S/C26H31N3O2/c1-19-16-29(17-24(19)30)25-8-7-21(23(27-25)15-20-5-3-2-4-6-20)9-12-26(31)18-28-13-10-22(26)11-14-28/h2-8,19,22,24,30-31H,10-11,13-18H2,1H3/t19-,24-,26?/m1/s1. The Kier molecular flexibility index (Phi) is 5.47. The van der Waals surface area contributed by atoms with Gasteiger partial charge in [-0.3, -0.25) is 4.90 Å². The number of piperidine rings is 3. The Bertz CT molecular complexity index is 981. The molecule has 4 saturated heterocycles. The number of fused-ring (bicyclic) bond motifs is 3. The molecule has 6 rings (SSSR count). The summed E-state index contributed by atoms with van der Waals surface area (Å²) in [4.78, 5) is 9.45. The van der Waals surface area contributed by atoms with Crippen LogP contribution in [0.4, 0.5) is 5.82 Å². The van der Waals surface area contributed by atoms with Crippen molar-refractivity contribution in [2.45, 2.75) is 37.9 Å². The largest absolute Gasteiger partial charge is 0.391 e. The molecule has 4 aliphatic heterocycles. The van der Waals surface area contributed by atoms with Gasteiger partial charge in [0.25, 0.3) is 0 Å². The van der Waals surface area contributed by atoms with Gasteiger partial charge in [-0.25, -0.2) is 4.98 Å². The molecule has 4 aliphatic rings. The third-order valence-corrected chi connectivity index (χ3v) is 7.21. The molecular weight excluding hydrogens is 386 g/mol. The number of pyridine rings is 1. The molecule has 5 nitrogen and oxygen atoms in total. The summed E-state index contributed by atoms with van der Waals surface area (Å²) in [6.07, 6.45) is 2.42. The molecule has 5 heteroatoms. The molecule has 1 unspecified atom stereocenters. The SMILES string of the molecule is C[C@@H]1CN(c2ccc(C#CC3(O)CN4CCC3CC4)c(Cc3ccccc3)n2)C[C@H]1O. The van der Waals surface area contributed by atoms with Gasteiger partial charge in [0.1, 0.15) is 11.4 Å². The fourth-order valence-corrected chi connectivity index (χ4v) is 5.20. The van der Waals surface area contributed by atoms with Crippen LogP contribution in [0, 0.1) is 23.7 Å². The quantitative estimate of drug-likeness (QED) is 0.751. The summed E-state index contributed by atoms with van der Waals surface area (Å²) in [5.41, 5.74) is 2.07. The monoisotopic (exact) mass is 417 g/mol. The first-order chi connectivity index (χ1) is 15.0. The Morgan fingerprint density at radius 3 is 2.52 bits per heavy atom. The molecule has 1 aromatic heterocycles. The second-order valence-corrected chi connectivity index (χ2v) is 9.50. The van der Waals surface area contributed by atoms with Crippen LogP contribution in [0.1, 0.15) is 36.6 Å². The van der Waals surface area contributed by atoms with E-state index in [1.807, 2.05) is 30.3 Å². The van der Waals surface area contributed by atoms with Gasteiger partial charge < -0.3 is 15.1 Å². The molecule has 0 saturated carbocycles. The zero-order valence-corrected chi connectivity index (χ0v) is 18.2. The van der Waals surface area contributed by atoms with Crippen LogP contribution in [0.15, 0.2) is 42.5 Å². The molecule has 2 N–H and O–H groups in total. The first kappa shape index (κ1) is 20.5. The average molecular weight is 418 g/mol. The molecule has 4 fully saturated rings. The number of hydrogen-bond donors (Lipinski definition) is 2. The summed E-state index contributed by atoms with van der Waals surface area (Å²) in [5, 5.41) is 21.4. The van der Waals surface area contributed by atoms with Crippen molar-refractivity contribution in [2.24, 2.45) is 11.8 Å². The van der Waals surface area contributed by atoms with E-state index in [4.69, 9.17) is 4.98 Å². The van der Waals surface area contributed by atoms with Crippen LogP contribution in [-0.2, 0) is 6.42 Å². The minimum atomic E-state index is -0.923. The molecule has 1 aromatic carbocycles. The molecule has 3 atom stereocenters. The predicted molar refractivity (Wildman–Crippen MR) is 122 cm³/mol. The number of hydrogen-bond acceptors (Lipinski definition) is 5. The maximum Gasteiger partial charge on any atom is 0.141 e. The van der Waals surface area contributed by atoms with Crippen LogP contribution < -0.4 is 4.90 Å². The highest BCUT2D eigenvalue weighted by Crippen LogP contribution is 2.35. The predicted octanol–water partition coefficient (Wildman–Crippen LogP) is 2.30. The summed E-state index contributed by atoms with van der Waals surface area (Å²) in [7, 11) is 0. The van der Waals surface area contributed by atoms with E-state index in [0.717, 1.165) is 49.6 Å². The van der Waals surface area contributed by atoms with Crippen molar-refractivity contribution in [2.75, 3.05) is 37.6 Å². The fourth-order valence-electron chi connectivity index (χ4n) is 5.20. The van der Waals surface area contributed by atoms with E-state index in [1.165, 1.54) is 5.56 Å². The van der Waals surface area contributed by atoms with E-state index in [0.29, 0.717) is 19.5 Å². The molecular formula is C26H31N3O2. The second kappa shape index (κ2) is 8.27. The van der Waals surface area contributed by atoms with Crippen LogP contribution in [0.3, 0.4) is 0 Å². The number of benzene rings is 1. The zero-order chi connectivity index (χ0) is 21.4. The van der Waals surface area contributed by atoms with E-state index < -0.39 is 5.60 Å². The molecule has 2 bridgehead atoms. The van der Waals surface area contributed by atoms with Crippen LogP contribution in [-0.4, -0.2) is 64.5 Å². The molecule has 0 aliphatic carbocycles. The van der Waals surface area contributed by atoms with E-state index in [-0.39, 0.29) is 17.9 Å². The first-order valence-electron chi connectivity index (χ1n) is 11.4. The van der Waals surface area contributed by atoms with Gasteiger partial charge in [0.2, 0.25) is 0 Å². The molecule has 31 heavy (non-hydrogen) atoms. The Morgan fingerprint density at radius 2 is 1.87 bits per heavy atom. The number of rotatable bonds is 3. The Labute approximate surface area is 184 Å². The van der Waals surface area contributed by atoms with Gasteiger partial charge in [0, 0.05) is 43.5 Å².